The summed E-state index contributed by atoms with van der Waals surface area (Å²) in [5.41, 5.74) is 0.643. The van der Waals surface area contributed by atoms with Crippen LogP contribution in [0.25, 0.3) is 0 Å². The second-order valence-electron chi connectivity index (χ2n) is 7.63. The summed E-state index contributed by atoms with van der Waals surface area (Å²) in [5, 5.41) is 2.69. The molecule has 9 heteroatoms. The van der Waals surface area contributed by atoms with Gasteiger partial charge in [0.25, 0.3) is 10.0 Å². The van der Waals surface area contributed by atoms with Gasteiger partial charge in [-0.15, -0.1) is 0 Å². The molecule has 0 heterocycles. The van der Waals surface area contributed by atoms with Crippen molar-refractivity contribution >= 4 is 27.3 Å². The second kappa shape index (κ2) is 11.0. The third kappa shape index (κ3) is 6.48. The van der Waals surface area contributed by atoms with Crippen molar-refractivity contribution in [3.8, 4) is 11.5 Å². The standard InChI is InChI=1S/C25H27FN2O5S/c1-4-32-22-13-15-24(16-14-22)34(30,31)28(21-9-5-19(26)6-10-21)17-25(29)27-20-7-11-23(12-8-20)33-18(2)3/h5-16,18H,4,17H2,1-3H3,(H,27,29). The maximum absolute atomic E-state index is 13.5. The monoisotopic (exact) mass is 486 g/mol. The number of nitrogens with one attached hydrogen (secondary N) is 1. The Morgan fingerprint density at radius 2 is 1.53 bits per heavy atom. The fourth-order valence-electron chi connectivity index (χ4n) is 3.14. The predicted octanol–water partition coefficient (Wildman–Crippen LogP) is 4.85. The van der Waals surface area contributed by atoms with E-state index < -0.39 is 28.3 Å². The van der Waals surface area contributed by atoms with Gasteiger partial charge in [0.1, 0.15) is 23.9 Å². The van der Waals surface area contributed by atoms with Crippen molar-refractivity contribution < 1.29 is 27.1 Å². The summed E-state index contributed by atoms with van der Waals surface area (Å²) in [6.07, 6.45) is 0.0116. The lowest BCUT2D eigenvalue weighted by Gasteiger charge is -2.24. The fourth-order valence-corrected chi connectivity index (χ4v) is 4.57. The van der Waals surface area contributed by atoms with Crippen LogP contribution in [0, 0.1) is 5.82 Å². The molecular weight excluding hydrogens is 459 g/mol. The first-order chi connectivity index (χ1) is 16.2. The zero-order valence-electron chi connectivity index (χ0n) is 19.2. The van der Waals surface area contributed by atoms with Crippen LogP contribution in [0.2, 0.25) is 0 Å². The molecule has 1 amide bonds. The zero-order chi connectivity index (χ0) is 24.7. The van der Waals surface area contributed by atoms with Crippen molar-refractivity contribution in [2.45, 2.75) is 31.8 Å². The normalized spacial score (nSPS) is 11.2. The van der Waals surface area contributed by atoms with E-state index in [2.05, 4.69) is 5.32 Å². The molecule has 0 spiro atoms. The van der Waals surface area contributed by atoms with Gasteiger partial charge in [0, 0.05) is 5.69 Å². The number of sulfonamides is 1. The number of anilines is 2. The molecule has 0 aliphatic carbocycles. The van der Waals surface area contributed by atoms with Gasteiger partial charge in [-0.25, -0.2) is 12.8 Å². The summed E-state index contributed by atoms with van der Waals surface area (Å²) in [6, 6.07) is 17.6. The molecule has 0 radical (unpaired) electrons. The van der Waals surface area contributed by atoms with Gasteiger partial charge in [-0.05, 0) is 93.6 Å². The summed E-state index contributed by atoms with van der Waals surface area (Å²) in [4.78, 5) is 12.8. The van der Waals surface area contributed by atoms with Crippen molar-refractivity contribution in [1.82, 2.24) is 0 Å². The van der Waals surface area contributed by atoms with Crippen molar-refractivity contribution in [3.63, 3.8) is 0 Å². The highest BCUT2D eigenvalue weighted by Crippen LogP contribution is 2.26. The molecular formula is C25H27FN2O5S. The van der Waals surface area contributed by atoms with E-state index in [0.717, 1.165) is 16.4 Å². The molecule has 0 fully saturated rings. The first kappa shape index (κ1) is 25.0. The number of ether oxygens (including phenoxy) is 2. The molecule has 0 saturated heterocycles. The number of benzene rings is 3. The Morgan fingerprint density at radius 3 is 2.09 bits per heavy atom. The van der Waals surface area contributed by atoms with Crippen LogP contribution in [0.1, 0.15) is 20.8 Å². The van der Waals surface area contributed by atoms with Crippen molar-refractivity contribution in [3.05, 3.63) is 78.6 Å². The smallest absolute Gasteiger partial charge is 0.264 e. The highest BCUT2D eigenvalue weighted by Gasteiger charge is 2.27. The molecule has 3 aromatic rings. The van der Waals surface area contributed by atoms with E-state index in [-0.39, 0.29) is 16.7 Å². The van der Waals surface area contributed by atoms with Crippen molar-refractivity contribution in [2.24, 2.45) is 0 Å². The zero-order valence-corrected chi connectivity index (χ0v) is 20.0. The summed E-state index contributed by atoms with van der Waals surface area (Å²) >= 11 is 0. The average molecular weight is 487 g/mol. The number of hydrogen-bond acceptors (Lipinski definition) is 5. The summed E-state index contributed by atoms with van der Waals surface area (Å²) in [7, 11) is -4.13. The minimum absolute atomic E-state index is 0.0116. The summed E-state index contributed by atoms with van der Waals surface area (Å²) in [6.45, 7) is 5.57. The Kier molecular flexibility index (Phi) is 8.12. The fraction of sp³-hybridized carbons (Fsp3) is 0.240. The van der Waals surface area contributed by atoms with Gasteiger partial charge < -0.3 is 14.8 Å². The molecule has 0 aromatic heterocycles. The predicted molar refractivity (Wildman–Crippen MR) is 129 cm³/mol. The van der Waals surface area contributed by atoms with Gasteiger partial charge in [0.15, 0.2) is 0 Å². The van der Waals surface area contributed by atoms with E-state index in [1.54, 1.807) is 36.4 Å². The second-order valence-corrected chi connectivity index (χ2v) is 9.49. The average Bonchev–Trinajstić information content (AvgIpc) is 2.80. The molecule has 0 saturated carbocycles. The lowest BCUT2D eigenvalue weighted by atomic mass is 10.3. The first-order valence-electron chi connectivity index (χ1n) is 10.8. The highest BCUT2D eigenvalue weighted by molar-refractivity contribution is 7.92. The van der Waals surface area contributed by atoms with Crippen LogP contribution in [-0.2, 0) is 14.8 Å². The van der Waals surface area contributed by atoms with Gasteiger partial charge in [-0.3, -0.25) is 9.10 Å². The molecule has 34 heavy (non-hydrogen) atoms. The molecule has 0 atom stereocenters. The topological polar surface area (TPSA) is 84.9 Å². The van der Waals surface area contributed by atoms with Gasteiger partial charge in [0.2, 0.25) is 5.91 Å². The molecule has 180 valence electrons. The van der Waals surface area contributed by atoms with Gasteiger partial charge in [-0.2, -0.15) is 0 Å². The molecule has 0 bridgehead atoms. The number of carbonyl (C=O) groups excluding carboxylic acids is 1. The van der Waals surface area contributed by atoms with E-state index in [4.69, 9.17) is 9.47 Å². The minimum atomic E-state index is -4.13. The number of halogens is 1. The Balaban J connectivity index is 1.84. The molecule has 7 nitrogen and oxygen atoms in total. The van der Waals surface area contributed by atoms with E-state index in [0.29, 0.717) is 23.8 Å². The minimum Gasteiger partial charge on any atom is -0.494 e. The Bertz CT molecular complexity index is 1200. The molecule has 3 rings (SSSR count). The molecule has 0 aliphatic rings. The van der Waals surface area contributed by atoms with E-state index in [9.17, 15) is 17.6 Å². The third-order valence-corrected chi connectivity index (χ3v) is 6.42. The van der Waals surface area contributed by atoms with E-state index in [1.165, 1.54) is 24.3 Å². The number of hydrogen-bond donors (Lipinski definition) is 1. The van der Waals surface area contributed by atoms with Gasteiger partial charge >= 0.3 is 0 Å². The van der Waals surface area contributed by atoms with E-state index >= 15 is 0 Å². The van der Waals surface area contributed by atoms with Crippen LogP contribution < -0.4 is 19.1 Å². The maximum atomic E-state index is 13.5. The Morgan fingerprint density at radius 1 is 0.941 bits per heavy atom. The van der Waals surface area contributed by atoms with Crippen LogP contribution >= 0.6 is 0 Å². The lowest BCUT2D eigenvalue weighted by molar-refractivity contribution is -0.114. The van der Waals surface area contributed by atoms with E-state index in [1.807, 2.05) is 20.8 Å². The number of carbonyl (C=O) groups is 1. The number of amides is 1. The van der Waals surface area contributed by atoms with Gasteiger partial charge in [-0.1, -0.05) is 0 Å². The summed E-state index contributed by atoms with van der Waals surface area (Å²) < 4.78 is 52.2. The molecule has 0 unspecified atom stereocenters. The summed E-state index contributed by atoms with van der Waals surface area (Å²) in [5.74, 6) is 0.100. The molecule has 1 N–H and O–H groups in total. The number of nitrogens with zero attached hydrogens (tertiary/aromatic N) is 1. The van der Waals surface area contributed by atoms with Crippen LogP contribution in [0.3, 0.4) is 0 Å². The quantitative estimate of drug-likeness (QED) is 0.443. The van der Waals surface area contributed by atoms with Crippen LogP contribution in [0.15, 0.2) is 77.7 Å². The lowest BCUT2D eigenvalue weighted by Crippen LogP contribution is -2.38. The van der Waals surface area contributed by atoms with Crippen LogP contribution in [0.4, 0.5) is 15.8 Å². The Labute approximate surface area is 199 Å². The van der Waals surface area contributed by atoms with Crippen molar-refractivity contribution in [2.75, 3.05) is 22.8 Å². The maximum Gasteiger partial charge on any atom is 0.264 e. The third-order valence-electron chi connectivity index (χ3n) is 4.63. The molecule has 3 aromatic carbocycles. The SMILES string of the molecule is CCOc1ccc(S(=O)(=O)N(CC(=O)Nc2ccc(OC(C)C)cc2)c2ccc(F)cc2)cc1. The number of rotatable bonds is 10. The van der Waals surface area contributed by atoms with Crippen molar-refractivity contribution in [1.29, 1.82) is 0 Å². The van der Waals surface area contributed by atoms with Crippen LogP contribution in [0.5, 0.6) is 11.5 Å². The first-order valence-corrected chi connectivity index (χ1v) is 12.2. The largest absolute Gasteiger partial charge is 0.494 e. The van der Waals surface area contributed by atoms with Gasteiger partial charge in [0.05, 0.1) is 23.3 Å². The Hall–Kier alpha value is -3.59. The van der Waals surface area contributed by atoms with Crippen LogP contribution in [-0.4, -0.2) is 33.6 Å². The molecule has 0 aliphatic heterocycles. The highest BCUT2D eigenvalue weighted by atomic mass is 32.2.